The van der Waals surface area contributed by atoms with E-state index in [1.165, 1.54) is 5.56 Å². The zero-order chi connectivity index (χ0) is 14.4. The van der Waals surface area contributed by atoms with Crippen LogP contribution in [0.1, 0.15) is 31.9 Å². The topological polar surface area (TPSA) is 34.1 Å². The Morgan fingerprint density at radius 1 is 1.25 bits per heavy atom. The molecular formula is C16H19BrN2O. The molecule has 3 nitrogen and oxygen atoms in total. The Bertz CT molecular complexity index is 542. The van der Waals surface area contributed by atoms with E-state index in [2.05, 4.69) is 51.4 Å². The van der Waals surface area contributed by atoms with Gasteiger partial charge in [0.25, 0.3) is 0 Å². The first-order valence-electron chi connectivity index (χ1n) is 6.83. The molecule has 1 N–H and O–H groups in total. The lowest BCUT2D eigenvalue weighted by atomic mass is 10.0. The molecule has 0 bridgehead atoms. The van der Waals surface area contributed by atoms with Gasteiger partial charge >= 0.3 is 0 Å². The number of benzene rings is 1. The molecule has 0 aliphatic heterocycles. The molecule has 1 aromatic heterocycles. The monoisotopic (exact) mass is 334 g/mol. The van der Waals surface area contributed by atoms with E-state index in [0.29, 0.717) is 12.5 Å². The molecule has 1 heterocycles. The van der Waals surface area contributed by atoms with Crippen molar-refractivity contribution < 1.29 is 4.74 Å². The van der Waals surface area contributed by atoms with Crippen molar-refractivity contribution >= 4 is 21.6 Å². The lowest BCUT2D eigenvalue weighted by molar-refractivity contribution is 0.327. The van der Waals surface area contributed by atoms with E-state index in [1.54, 1.807) is 0 Å². The number of aromatic nitrogens is 1. The van der Waals surface area contributed by atoms with Crippen LogP contribution in [0, 0.1) is 0 Å². The van der Waals surface area contributed by atoms with Crippen molar-refractivity contribution in [1.29, 1.82) is 0 Å². The molecule has 2 rings (SSSR count). The highest BCUT2D eigenvalue weighted by Gasteiger charge is 2.09. The van der Waals surface area contributed by atoms with E-state index < -0.39 is 0 Å². The van der Waals surface area contributed by atoms with Crippen LogP contribution >= 0.6 is 15.9 Å². The van der Waals surface area contributed by atoms with Gasteiger partial charge in [-0.2, -0.15) is 0 Å². The van der Waals surface area contributed by atoms with Crippen molar-refractivity contribution in [2.75, 3.05) is 11.9 Å². The Kier molecular flexibility index (Phi) is 5.41. The Morgan fingerprint density at radius 3 is 2.70 bits per heavy atom. The summed E-state index contributed by atoms with van der Waals surface area (Å²) in [5.74, 6) is 0.661. The second kappa shape index (κ2) is 7.29. The first-order valence-corrected chi connectivity index (χ1v) is 7.63. The molecule has 0 fully saturated rings. The smallest absolute Gasteiger partial charge is 0.213 e. The number of halogens is 1. The van der Waals surface area contributed by atoms with Gasteiger partial charge < -0.3 is 10.1 Å². The molecule has 4 heteroatoms. The first-order chi connectivity index (χ1) is 9.72. The number of rotatable bonds is 6. The van der Waals surface area contributed by atoms with Gasteiger partial charge in [-0.1, -0.05) is 35.0 Å². The minimum Gasteiger partial charge on any atom is -0.478 e. The van der Waals surface area contributed by atoms with Gasteiger partial charge in [0.15, 0.2) is 0 Å². The van der Waals surface area contributed by atoms with Gasteiger partial charge in [0.1, 0.15) is 0 Å². The van der Waals surface area contributed by atoms with Crippen molar-refractivity contribution in [3.05, 3.63) is 52.6 Å². The van der Waals surface area contributed by atoms with Gasteiger partial charge in [-0.05, 0) is 37.1 Å². The predicted octanol–water partition coefficient (Wildman–Crippen LogP) is 4.81. The second-order valence-corrected chi connectivity index (χ2v) is 5.39. The lowest BCUT2D eigenvalue weighted by Crippen LogP contribution is -2.10. The van der Waals surface area contributed by atoms with Crippen molar-refractivity contribution in [3.63, 3.8) is 0 Å². The predicted molar refractivity (Wildman–Crippen MR) is 86.2 cm³/mol. The first kappa shape index (κ1) is 14.9. The third-order valence-corrected chi connectivity index (χ3v) is 3.52. The van der Waals surface area contributed by atoms with Gasteiger partial charge in [-0.3, -0.25) is 0 Å². The lowest BCUT2D eigenvalue weighted by Gasteiger charge is -2.19. The van der Waals surface area contributed by atoms with Crippen molar-refractivity contribution in [1.82, 2.24) is 4.98 Å². The van der Waals surface area contributed by atoms with E-state index in [-0.39, 0.29) is 6.04 Å². The van der Waals surface area contributed by atoms with E-state index in [4.69, 9.17) is 4.74 Å². The Balaban J connectivity index is 2.09. The van der Waals surface area contributed by atoms with Crippen LogP contribution in [0.2, 0.25) is 0 Å². The molecule has 20 heavy (non-hydrogen) atoms. The second-order valence-electron chi connectivity index (χ2n) is 4.48. The van der Waals surface area contributed by atoms with Gasteiger partial charge in [0.05, 0.1) is 24.5 Å². The van der Waals surface area contributed by atoms with E-state index in [0.717, 1.165) is 16.6 Å². The van der Waals surface area contributed by atoms with Crippen molar-refractivity contribution in [3.8, 4) is 5.88 Å². The summed E-state index contributed by atoms with van der Waals surface area (Å²) in [7, 11) is 0. The fourth-order valence-corrected chi connectivity index (χ4v) is 2.46. The third kappa shape index (κ3) is 3.97. The number of hydrogen-bond donors (Lipinski definition) is 1. The molecule has 0 saturated carbocycles. The van der Waals surface area contributed by atoms with E-state index in [9.17, 15) is 0 Å². The standard InChI is InChI=1S/C16H19BrN2O/c1-3-15(12-6-5-7-13(17)10-12)19-14-8-9-16(18-11-14)20-4-2/h5-11,15,19H,3-4H2,1-2H3. The van der Waals surface area contributed by atoms with Gasteiger partial charge in [-0.15, -0.1) is 0 Å². The zero-order valence-corrected chi connectivity index (χ0v) is 13.4. The maximum atomic E-state index is 5.35. The Hall–Kier alpha value is -1.55. The fraction of sp³-hybridized carbons (Fsp3) is 0.312. The number of ether oxygens (including phenoxy) is 1. The molecular weight excluding hydrogens is 316 g/mol. The molecule has 2 aromatic rings. The normalized spacial score (nSPS) is 11.9. The summed E-state index contributed by atoms with van der Waals surface area (Å²) in [6, 6.07) is 12.5. The van der Waals surface area contributed by atoms with Crippen LogP contribution < -0.4 is 10.1 Å². The third-order valence-electron chi connectivity index (χ3n) is 3.03. The summed E-state index contributed by atoms with van der Waals surface area (Å²) in [5.41, 5.74) is 2.26. The summed E-state index contributed by atoms with van der Waals surface area (Å²) in [5, 5.41) is 3.50. The van der Waals surface area contributed by atoms with E-state index >= 15 is 0 Å². The van der Waals surface area contributed by atoms with Crippen LogP contribution in [0.25, 0.3) is 0 Å². The number of anilines is 1. The van der Waals surface area contributed by atoms with Gasteiger partial charge in [-0.25, -0.2) is 4.98 Å². The molecule has 0 spiro atoms. The number of pyridine rings is 1. The maximum absolute atomic E-state index is 5.35. The zero-order valence-electron chi connectivity index (χ0n) is 11.8. The van der Waals surface area contributed by atoms with Crippen LogP contribution in [0.3, 0.4) is 0 Å². The molecule has 0 amide bonds. The quantitative estimate of drug-likeness (QED) is 0.823. The summed E-state index contributed by atoms with van der Waals surface area (Å²) in [6.45, 7) is 4.75. The number of nitrogens with one attached hydrogen (secondary N) is 1. The van der Waals surface area contributed by atoms with Gasteiger partial charge in [0, 0.05) is 10.5 Å². The highest BCUT2D eigenvalue weighted by molar-refractivity contribution is 9.10. The molecule has 106 valence electrons. The van der Waals surface area contributed by atoms with Crippen LogP contribution in [0.15, 0.2) is 47.1 Å². The Labute approximate surface area is 128 Å². The highest BCUT2D eigenvalue weighted by Crippen LogP contribution is 2.25. The molecule has 0 saturated heterocycles. The van der Waals surface area contributed by atoms with Gasteiger partial charge in [0.2, 0.25) is 5.88 Å². The minimum atomic E-state index is 0.271. The summed E-state index contributed by atoms with van der Waals surface area (Å²) in [6.07, 6.45) is 2.81. The number of hydrogen-bond acceptors (Lipinski definition) is 3. The average molecular weight is 335 g/mol. The fourth-order valence-electron chi connectivity index (χ4n) is 2.04. The SMILES string of the molecule is CCOc1ccc(NC(CC)c2cccc(Br)c2)cn1. The Morgan fingerprint density at radius 2 is 2.10 bits per heavy atom. The molecule has 1 atom stereocenters. The summed E-state index contributed by atoms with van der Waals surface area (Å²) in [4.78, 5) is 4.27. The van der Waals surface area contributed by atoms with Crippen LogP contribution in [-0.4, -0.2) is 11.6 Å². The average Bonchev–Trinajstić information content (AvgIpc) is 2.47. The van der Waals surface area contributed by atoms with Crippen molar-refractivity contribution in [2.45, 2.75) is 26.3 Å². The van der Waals surface area contributed by atoms with Crippen molar-refractivity contribution in [2.24, 2.45) is 0 Å². The van der Waals surface area contributed by atoms with Crippen LogP contribution in [0.4, 0.5) is 5.69 Å². The molecule has 0 radical (unpaired) electrons. The number of nitrogens with zero attached hydrogens (tertiary/aromatic N) is 1. The van der Waals surface area contributed by atoms with Crippen LogP contribution in [-0.2, 0) is 0 Å². The highest BCUT2D eigenvalue weighted by atomic mass is 79.9. The molecule has 1 aromatic carbocycles. The molecule has 0 aliphatic rings. The summed E-state index contributed by atoms with van der Waals surface area (Å²) >= 11 is 3.52. The molecule has 0 aliphatic carbocycles. The van der Waals surface area contributed by atoms with E-state index in [1.807, 2.05) is 31.3 Å². The summed E-state index contributed by atoms with van der Waals surface area (Å²) < 4.78 is 6.44. The molecule has 1 unspecified atom stereocenters. The van der Waals surface area contributed by atoms with Crippen LogP contribution in [0.5, 0.6) is 5.88 Å². The largest absolute Gasteiger partial charge is 0.478 e. The maximum Gasteiger partial charge on any atom is 0.213 e. The minimum absolute atomic E-state index is 0.271.